The largest absolute Gasteiger partial charge is 0.309 e. The fourth-order valence-corrected chi connectivity index (χ4v) is 4.62. The van der Waals surface area contributed by atoms with Gasteiger partial charge in [0.2, 0.25) is 5.91 Å². The maximum Gasteiger partial charge on any atom is 0.229 e. The van der Waals surface area contributed by atoms with Gasteiger partial charge in [-0.3, -0.25) is 9.69 Å². The van der Waals surface area contributed by atoms with E-state index in [9.17, 15) is 9.18 Å². The number of anilines is 1. The Morgan fingerprint density at radius 1 is 1.11 bits per heavy atom. The van der Waals surface area contributed by atoms with Crippen molar-refractivity contribution in [3.05, 3.63) is 54.3 Å². The molecule has 0 N–H and O–H groups in total. The molecule has 0 spiro atoms. The quantitative estimate of drug-likeness (QED) is 0.464. The number of carbonyl (C=O) groups excluding carboxylic acids is 1. The van der Waals surface area contributed by atoms with Crippen molar-refractivity contribution in [2.75, 3.05) is 37.8 Å². The summed E-state index contributed by atoms with van der Waals surface area (Å²) < 4.78 is 14.1. The summed E-state index contributed by atoms with van der Waals surface area (Å²) in [6, 6.07) is 14.3. The molecule has 2 aromatic carbocycles. The average Bonchev–Trinajstić information content (AvgIpc) is 3.10. The van der Waals surface area contributed by atoms with Crippen molar-refractivity contribution >= 4 is 44.4 Å². The molecule has 1 amide bonds. The second-order valence-electron chi connectivity index (χ2n) is 6.72. The molecule has 0 saturated heterocycles. The summed E-state index contributed by atoms with van der Waals surface area (Å²) in [7, 11) is 4.06. The van der Waals surface area contributed by atoms with Gasteiger partial charge in [-0.1, -0.05) is 23.5 Å². The van der Waals surface area contributed by atoms with Gasteiger partial charge in [0.15, 0.2) is 5.13 Å². The Kier molecular flexibility index (Phi) is 7.42. The number of amides is 1. The number of thioether (sulfide) groups is 1. The molecule has 3 rings (SSSR count). The summed E-state index contributed by atoms with van der Waals surface area (Å²) >= 11 is 3.12. The number of carbonyl (C=O) groups is 1. The van der Waals surface area contributed by atoms with E-state index >= 15 is 0 Å². The first-order chi connectivity index (χ1) is 13.5. The summed E-state index contributed by atoms with van der Waals surface area (Å²) in [5, 5.41) is 0.761. The van der Waals surface area contributed by atoms with E-state index in [1.807, 2.05) is 43.3 Å². The van der Waals surface area contributed by atoms with Crippen molar-refractivity contribution < 1.29 is 9.18 Å². The highest BCUT2D eigenvalue weighted by Crippen LogP contribution is 2.29. The predicted octanol–water partition coefficient (Wildman–Crippen LogP) is 4.90. The fourth-order valence-electron chi connectivity index (χ4n) is 2.77. The highest BCUT2D eigenvalue weighted by molar-refractivity contribution is 7.99. The number of rotatable bonds is 9. The molecule has 3 aromatic rings. The molecule has 0 fully saturated rings. The molecule has 0 saturated carbocycles. The Morgan fingerprint density at radius 2 is 1.86 bits per heavy atom. The Hall–Kier alpha value is -1.96. The van der Waals surface area contributed by atoms with E-state index in [4.69, 9.17) is 0 Å². The standard InChI is InChI=1S/C21H24FN3OS2/c1-24(2)13-5-14-25(21-23-18-6-3-4-7-19(18)28-21)20(26)12-15-27-17-10-8-16(22)9-11-17/h3-4,6-11H,5,12-15H2,1-2H3. The topological polar surface area (TPSA) is 36.4 Å². The first-order valence-electron chi connectivity index (χ1n) is 9.22. The number of para-hydroxylation sites is 1. The minimum atomic E-state index is -0.247. The van der Waals surface area contributed by atoms with Crippen LogP contribution < -0.4 is 4.90 Å². The van der Waals surface area contributed by atoms with Gasteiger partial charge in [-0.05, 0) is 63.5 Å². The van der Waals surface area contributed by atoms with E-state index in [0.717, 1.165) is 33.2 Å². The van der Waals surface area contributed by atoms with Crippen LogP contribution in [-0.2, 0) is 4.79 Å². The highest BCUT2D eigenvalue weighted by Gasteiger charge is 2.19. The molecule has 4 nitrogen and oxygen atoms in total. The summed E-state index contributed by atoms with van der Waals surface area (Å²) in [5.74, 6) is 0.482. The molecular formula is C21H24FN3OS2. The molecule has 1 aromatic heterocycles. The zero-order valence-corrected chi connectivity index (χ0v) is 17.7. The summed E-state index contributed by atoms with van der Waals surface area (Å²) in [4.78, 5) is 22.5. The first-order valence-corrected chi connectivity index (χ1v) is 11.0. The molecule has 7 heteroatoms. The molecular weight excluding hydrogens is 393 g/mol. The van der Waals surface area contributed by atoms with Crippen LogP contribution >= 0.6 is 23.1 Å². The first kappa shape index (κ1) is 20.8. The molecule has 0 bridgehead atoms. The SMILES string of the molecule is CN(C)CCCN(C(=O)CCSc1ccc(F)cc1)c1nc2ccccc2s1. The lowest BCUT2D eigenvalue weighted by molar-refractivity contribution is -0.118. The van der Waals surface area contributed by atoms with Gasteiger partial charge in [0.25, 0.3) is 0 Å². The van der Waals surface area contributed by atoms with Crippen molar-refractivity contribution in [1.82, 2.24) is 9.88 Å². The van der Waals surface area contributed by atoms with Crippen LogP contribution in [0.3, 0.4) is 0 Å². The monoisotopic (exact) mass is 417 g/mol. The van der Waals surface area contributed by atoms with Crippen LogP contribution in [-0.4, -0.2) is 48.7 Å². The minimum Gasteiger partial charge on any atom is -0.309 e. The predicted molar refractivity (Wildman–Crippen MR) is 117 cm³/mol. The van der Waals surface area contributed by atoms with E-state index in [-0.39, 0.29) is 11.7 Å². The minimum absolute atomic E-state index is 0.0763. The zero-order valence-electron chi connectivity index (χ0n) is 16.1. The van der Waals surface area contributed by atoms with Gasteiger partial charge in [-0.25, -0.2) is 9.37 Å². The van der Waals surface area contributed by atoms with Gasteiger partial charge in [0, 0.05) is 23.6 Å². The van der Waals surface area contributed by atoms with Gasteiger partial charge >= 0.3 is 0 Å². The van der Waals surface area contributed by atoms with Crippen LogP contribution in [0.5, 0.6) is 0 Å². The third-order valence-corrected chi connectivity index (χ3v) is 6.27. The van der Waals surface area contributed by atoms with Gasteiger partial charge in [-0.15, -0.1) is 11.8 Å². The molecule has 0 aliphatic heterocycles. The summed E-state index contributed by atoms with van der Waals surface area (Å²) in [5.41, 5.74) is 0.925. The van der Waals surface area contributed by atoms with Crippen LogP contribution in [0, 0.1) is 5.82 Å². The van der Waals surface area contributed by atoms with Gasteiger partial charge in [-0.2, -0.15) is 0 Å². The van der Waals surface area contributed by atoms with Crippen LogP contribution in [0.15, 0.2) is 53.4 Å². The molecule has 148 valence electrons. The number of fused-ring (bicyclic) bond motifs is 1. The van der Waals surface area contributed by atoms with E-state index < -0.39 is 0 Å². The van der Waals surface area contributed by atoms with Gasteiger partial charge < -0.3 is 4.90 Å². The highest BCUT2D eigenvalue weighted by atomic mass is 32.2. The van der Waals surface area contributed by atoms with Crippen molar-refractivity contribution in [3.8, 4) is 0 Å². The van der Waals surface area contributed by atoms with E-state index in [1.54, 1.807) is 35.2 Å². The Balaban J connectivity index is 1.66. The number of thiazole rings is 1. The molecule has 0 atom stereocenters. The van der Waals surface area contributed by atoms with Crippen molar-refractivity contribution in [1.29, 1.82) is 0 Å². The van der Waals surface area contributed by atoms with E-state index in [0.29, 0.717) is 18.7 Å². The second kappa shape index (κ2) is 10.0. The number of hydrogen-bond acceptors (Lipinski definition) is 5. The van der Waals surface area contributed by atoms with Gasteiger partial charge in [0.05, 0.1) is 10.2 Å². The third-order valence-electron chi connectivity index (χ3n) is 4.20. The van der Waals surface area contributed by atoms with Crippen molar-refractivity contribution in [2.45, 2.75) is 17.7 Å². The molecule has 0 aliphatic carbocycles. The Labute approximate surface area is 173 Å². The lowest BCUT2D eigenvalue weighted by atomic mass is 10.3. The van der Waals surface area contributed by atoms with Crippen molar-refractivity contribution in [2.24, 2.45) is 0 Å². The number of benzene rings is 2. The number of halogens is 1. The normalized spacial score (nSPS) is 11.3. The zero-order chi connectivity index (χ0) is 19.9. The fraction of sp³-hybridized carbons (Fsp3) is 0.333. The van der Waals surface area contributed by atoms with Gasteiger partial charge in [0.1, 0.15) is 5.82 Å². The Bertz CT molecular complexity index is 878. The maximum atomic E-state index is 13.0. The summed E-state index contributed by atoms with van der Waals surface area (Å²) in [6.07, 6.45) is 1.31. The van der Waals surface area contributed by atoms with Crippen LogP contribution in [0.4, 0.5) is 9.52 Å². The lowest BCUT2D eigenvalue weighted by Gasteiger charge is -2.21. The Morgan fingerprint density at radius 3 is 2.57 bits per heavy atom. The van der Waals surface area contributed by atoms with E-state index in [2.05, 4.69) is 9.88 Å². The van der Waals surface area contributed by atoms with Crippen LogP contribution in [0.25, 0.3) is 10.2 Å². The molecule has 0 unspecified atom stereocenters. The molecule has 0 radical (unpaired) electrons. The smallest absolute Gasteiger partial charge is 0.229 e. The van der Waals surface area contributed by atoms with E-state index in [1.165, 1.54) is 12.1 Å². The number of hydrogen-bond donors (Lipinski definition) is 0. The molecule has 0 aliphatic rings. The molecule has 1 heterocycles. The second-order valence-corrected chi connectivity index (χ2v) is 8.90. The average molecular weight is 418 g/mol. The number of aromatic nitrogens is 1. The van der Waals surface area contributed by atoms with Crippen LogP contribution in [0.1, 0.15) is 12.8 Å². The lowest BCUT2D eigenvalue weighted by Crippen LogP contribution is -2.33. The van der Waals surface area contributed by atoms with Crippen molar-refractivity contribution in [3.63, 3.8) is 0 Å². The third kappa shape index (κ3) is 5.77. The maximum absolute atomic E-state index is 13.0. The number of nitrogens with zero attached hydrogens (tertiary/aromatic N) is 3. The summed E-state index contributed by atoms with van der Waals surface area (Å²) in [6.45, 7) is 1.57. The van der Waals surface area contributed by atoms with Crippen LogP contribution in [0.2, 0.25) is 0 Å². The molecule has 28 heavy (non-hydrogen) atoms.